The summed E-state index contributed by atoms with van der Waals surface area (Å²) in [6.45, 7) is 3.02. The number of carbonyl (C=O) groups is 1. The Morgan fingerprint density at radius 1 is 1.00 bits per heavy atom. The summed E-state index contributed by atoms with van der Waals surface area (Å²) >= 11 is 0. The van der Waals surface area contributed by atoms with Crippen LogP contribution in [0, 0.1) is 6.92 Å². The van der Waals surface area contributed by atoms with Crippen LogP contribution in [0.2, 0.25) is 0 Å². The molecule has 1 aromatic heterocycles. The average molecular weight is 391 g/mol. The van der Waals surface area contributed by atoms with Crippen molar-refractivity contribution in [2.75, 3.05) is 30.5 Å². The van der Waals surface area contributed by atoms with E-state index in [0.717, 1.165) is 22.7 Å². The number of anilines is 3. The first-order valence-electron chi connectivity index (χ1n) is 9.28. The fourth-order valence-corrected chi connectivity index (χ4v) is 2.79. The van der Waals surface area contributed by atoms with E-state index >= 15 is 0 Å². The highest BCUT2D eigenvalue weighted by atomic mass is 16.6. The number of aryl methyl sites for hydroxylation is 1. The first-order chi connectivity index (χ1) is 14.2. The van der Waals surface area contributed by atoms with Crippen molar-refractivity contribution >= 4 is 23.1 Å². The number of benzene rings is 2. The standard InChI is InChI=1S/C22H21N3O4/c1-15-2-6-18(7-3-15)29-14-22(26)25-21-9-5-17(13-23-21)24-16-4-8-19-20(12-16)28-11-10-27-19/h2-9,12-13,24H,10-11,14H2,1H3,(H,23,25,26). The van der Waals surface area contributed by atoms with Gasteiger partial charge in [0.05, 0.1) is 11.9 Å². The van der Waals surface area contributed by atoms with Crippen molar-refractivity contribution in [2.45, 2.75) is 6.92 Å². The molecule has 0 radical (unpaired) electrons. The zero-order chi connectivity index (χ0) is 20.1. The van der Waals surface area contributed by atoms with Crippen molar-refractivity contribution in [2.24, 2.45) is 0 Å². The van der Waals surface area contributed by atoms with E-state index in [9.17, 15) is 4.79 Å². The first kappa shape index (κ1) is 18.6. The van der Waals surface area contributed by atoms with E-state index in [-0.39, 0.29) is 12.5 Å². The number of hydrogen-bond donors (Lipinski definition) is 2. The molecule has 2 aromatic carbocycles. The molecule has 1 aliphatic heterocycles. The number of carbonyl (C=O) groups excluding carboxylic acids is 1. The highest BCUT2D eigenvalue weighted by molar-refractivity contribution is 5.91. The van der Waals surface area contributed by atoms with Gasteiger partial charge >= 0.3 is 0 Å². The van der Waals surface area contributed by atoms with Crippen molar-refractivity contribution in [3.8, 4) is 17.2 Å². The molecule has 0 bridgehead atoms. The maximum absolute atomic E-state index is 12.0. The molecule has 3 aromatic rings. The van der Waals surface area contributed by atoms with Gasteiger partial charge in [0.15, 0.2) is 18.1 Å². The van der Waals surface area contributed by atoms with Gasteiger partial charge < -0.3 is 24.8 Å². The molecule has 0 saturated heterocycles. The van der Waals surface area contributed by atoms with E-state index in [1.54, 1.807) is 12.3 Å². The highest BCUT2D eigenvalue weighted by Crippen LogP contribution is 2.33. The summed E-state index contributed by atoms with van der Waals surface area (Å²) in [5, 5.41) is 5.97. The second kappa shape index (κ2) is 8.52. The zero-order valence-corrected chi connectivity index (χ0v) is 16.0. The molecule has 0 fully saturated rings. The molecule has 2 N–H and O–H groups in total. The summed E-state index contributed by atoms with van der Waals surface area (Å²) in [5.41, 5.74) is 2.78. The average Bonchev–Trinajstić information content (AvgIpc) is 2.75. The zero-order valence-electron chi connectivity index (χ0n) is 16.0. The van der Waals surface area contributed by atoms with Crippen LogP contribution >= 0.6 is 0 Å². The predicted molar refractivity (Wildman–Crippen MR) is 110 cm³/mol. The Kier molecular flexibility index (Phi) is 5.47. The molecule has 4 rings (SSSR count). The number of nitrogens with one attached hydrogen (secondary N) is 2. The number of pyridine rings is 1. The van der Waals surface area contributed by atoms with Crippen LogP contribution in [0.5, 0.6) is 17.2 Å². The van der Waals surface area contributed by atoms with Crippen LogP contribution in [-0.2, 0) is 4.79 Å². The smallest absolute Gasteiger partial charge is 0.263 e. The van der Waals surface area contributed by atoms with Gasteiger partial charge in [0.25, 0.3) is 5.91 Å². The van der Waals surface area contributed by atoms with Gasteiger partial charge in [-0.25, -0.2) is 4.98 Å². The Hall–Kier alpha value is -3.74. The Labute approximate surface area is 168 Å². The Balaban J connectivity index is 1.30. The van der Waals surface area contributed by atoms with Gasteiger partial charge in [-0.05, 0) is 43.3 Å². The number of hydrogen-bond acceptors (Lipinski definition) is 6. The third kappa shape index (κ3) is 4.95. The van der Waals surface area contributed by atoms with Gasteiger partial charge in [-0.1, -0.05) is 17.7 Å². The van der Waals surface area contributed by atoms with Crippen LogP contribution in [0.25, 0.3) is 0 Å². The number of fused-ring (bicyclic) bond motifs is 1. The van der Waals surface area contributed by atoms with E-state index in [1.165, 1.54) is 0 Å². The van der Waals surface area contributed by atoms with E-state index in [4.69, 9.17) is 14.2 Å². The summed E-state index contributed by atoms with van der Waals surface area (Å²) in [5.74, 6) is 2.29. The van der Waals surface area contributed by atoms with Crippen LogP contribution in [0.1, 0.15) is 5.56 Å². The molecular weight excluding hydrogens is 370 g/mol. The molecule has 148 valence electrons. The Morgan fingerprint density at radius 3 is 2.52 bits per heavy atom. The fourth-order valence-electron chi connectivity index (χ4n) is 2.79. The summed E-state index contributed by atoms with van der Waals surface area (Å²) < 4.78 is 16.6. The molecule has 0 spiro atoms. The van der Waals surface area contributed by atoms with E-state index < -0.39 is 0 Å². The number of ether oxygens (including phenoxy) is 3. The topological polar surface area (TPSA) is 81.7 Å². The number of amides is 1. The second-order valence-electron chi connectivity index (χ2n) is 6.57. The molecule has 0 saturated carbocycles. The predicted octanol–water partition coefficient (Wildman–Crippen LogP) is 3.92. The van der Waals surface area contributed by atoms with Gasteiger partial charge in [-0.3, -0.25) is 4.79 Å². The van der Waals surface area contributed by atoms with Crippen molar-refractivity contribution in [3.63, 3.8) is 0 Å². The van der Waals surface area contributed by atoms with Gasteiger partial charge in [0.1, 0.15) is 24.8 Å². The minimum Gasteiger partial charge on any atom is -0.486 e. The summed E-state index contributed by atoms with van der Waals surface area (Å²) in [7, 11) is 0. The fraction of sp³-hybridized carbons (Fsp3) is 0.182. The molecule has 0 unspecified atom stereocenters. The molecule has 7 heteroatoms. The van der Waals surface area contributed by atoms with Gasteiger partial charge in [0.2, 0.25) is 0 Å². The normalized spacial score (nSPS) is 12.2. The molecule has 1 aliphatic rings. The minimum absolute atomic E-state index is 0.0814. The first-order valence-corrected chi connectivity index (χ1v) is 9.28. The quantitative estimate of drug-likeness (QED) is 0.663. The van der Waals surface area contributed by atoms with Crippen LogP contribution in [-0.4, -0.2) is 30.7 Å². The third-order valence-corrected chi connectivity index (χ3v) is 4.25. The Bertz CT molecular complexity index is 988. The lowest BCUT2D eigenvalue weighted by Gasteiger charge is -2.19. The van der Waals surface area contributed by atoms with Crippen molar-refractivity contribution < 1.29 is 19.0 Å². The lowest BCUT2D eigenvalue weighted by molar-refractivity contribution is -0.118. The molecule has 7 nitrogen and oxygen atoms in total. The molecule has 0 aliphatic carbocycles. The van der Waals surface area contributed by atoms with Gasteiger partial charge in [-0.2, -0.15) is 0 Å². The second-order valence-corrected chi connectivity index (χ2v) is 6.57. The highest BCUT2D eigenvalue weighted by Gasteiger charge is 2.12. The van der Waals surface area contributed by atoms with Crippen LogP contribution in [0.4, 0.5) is 17.2 Å². The molecule has 2 heterocycles. The lowest BCUT2D eigenvalue weighted by Crippen LogP contribution is -2.20. The number of nitrogens with zero attached hydrogens (tertiary/aromatic N) is 1. The number of rotatable bonds is 6. The van der Waals surface area contributed by atoms with E-state index in [0.29, 0.717) is 30.5 Å². The van der Waals surface area contributed by atoms with E-state index in [2.05, 4.69) is 15.6 Å². The van der Waals surface area contributed by atoms with E-state index in [1.807, 2.05) is 55.5 Å². The van der Waals surface area contributed by atoms with Gasteiger partial charge in [-0.15, -0.1) is 0 Å². The number of aromatic nitrogens is 1. The van der Waals surface area contributed by atoms with Crippen molar-refractivity contribution in [3.05, 3.63) is 66.4 Å². The summed E-state index contributed by atoms with van der Waals surface area (Å²) in [6, 6.07) is 16.7. The minimum atomic E-state index is -0.273. The largest absolute Gasteiger partial charge is 0.486 e. The molecule has 1 amide bonds. The third-order valence-electron chi connectivity index (χ3n) is 4.25. The summed E-state index contributed by atoms with van der Waals surface area (Å²) in [4.78, 5) is 16.3. The van der Waals surface area contributed by atoms with Crippen LogP contribution < -0.4 is 24.8 Å². The molecule has 0 atom stereocenters. The SMILES string of the molecule is Cc1ccc(OCC(=O)Nc2ccc(Nc3ccc4c(c3)OCCO4)cn2)cc1. The maximum atomic E-state index is 12.0. The monoisotopic (exact) mass is 391 g/mol. The van der Waals surface area contributed by atoms with Gasteiger partial charge in [0, 0.05) is 11.8 Å². The Morgan fingerprint density at radius 2 is 1.76 bits per heavy atom. The molecular formula is C22H21N3O4. The van der Waals surface area contributed by atoms with Crippen LogP contribution in [0.15, 0.2) is 60.8 Å². The van der Waals surface area contributed by atoms with Crippen molar-refractivity contribution in [1.29, 1.82) is 0 Å². The lowest BCUT2D eigenvalue weighted by atomic mass is 10.2. The summed E-state index contributed by atoms with van der Waals surface area (Å²) in [6.07, 6.45) is 1.65. The van der Waals surface area contributed by atoms with Crippen LogP contribution in [0.3, 0.4) is 0 Å². The molecule has 29 heavy (non-hydrogen) atoms. The maximum Gasteiger partial charge on any atom is 0.263 e. The van der Waals surface area contributed by atoms with Crippen molar-refractivity contribution in [1.82, 2.24) is 4.98 Å².